The Morgan fingerprint density at radius 2 is 2.12 bits per heavy atom. The van der Waals surface area contributed by atoms with Crippen LogP contribution in [0.1, 0.15) is 46.0 Å². The number of aromatic nitrogens is 2. The smallest absolute Gasteiger partial charge is 0.253 e. The molecule has 0 aromatic carbocycles. The standard InChI is InChI=1S/C18H19N5O2/c1-10(24)14-3-2-6-19-17(14)23-15-8-11-7-12(9-20-16(11)22-15)18(25)21-13-4-5-13/h2-3,6-7,9,13,15H,4-5,8H2,1H3,(H,19,23)(H,20,22)(H,21,25). The molecule has 3 heterocycles. The van der Waals surface area contributed by atoms with Crippen molar-refractivity contribution in [3.8, 4) is 0 Å². The maximum Gasteiger partial charge on any atom is 0.253 e. The number of rotatable bonds is 5. The van der Waals surface area contributed by atoms with Gasteiger partial charge in [0.05, 0.1) is 11.1 Å². The van der Waals surface area contributed by atoms with Crippen molar-refractivity contribution in [2.45, 2.75) is 38.4 Å². The third kappa shape index (κ3) is 3.31. The van der Waals surface area contributed by atoms with Gasteiger partial charge in [-0.1, -0.05) is 0 Å². The van der Waals surface area contributed by atoms with Crippen LogP contribution in [0.4, 0.5) is 11.6 Å². The van der Waals surface area contributed by atoms with E-state index in [1.807, 2.05) is 6.07 Å². The Balaban J connectivity index is 1.48. The topological polar surface area (TPSA) is 96.0 Å². The fourth-order valence-corrected chi connectivity index (χ4v) is 2.91. The van der Waals surface area contributed by atoms with Crippen LogP contribution >= 0.6 is 0 Å². The minimum atomic E-state index is -0.128. The number of Topliss-reactive ketones (excluding diaryl/α,β-unsaturated/α-hetero) is 1. The molecule has 4 rings (SSSR count). The quantitative estimate of drug-likeness (QED) is 0.722. The van der Waals surface area contributed by atoms with E-state index in [0.717, 1.165) is 24.2 Å². The zero-order valence-electron chi connectivity index (χ0n) is 13.9. The maximum absolute atomic E-state index is 12.2. The predicted octanol–water partition coefficient (Wildman–Crippen LogP) is 1.98. The van der Waals surface area contributed by atoms with Crippen LogP contribution in [-0.4, -0.2) is 33.9 Å². The maximum atomic E-state index is 12.2. The van der Waals surface area contributed by atoms with E-state index in [4.69, 9.17) is 0 Å². The highest BCUT2D eigenvalue weighted by Crippen LogP contribution is 2.26. The first-order valence-electron chi connectivity index (χ1n) is 8.39. The molecule has 0 saturated heterocycles. The van der Waals surface area contributed by atoms with Crippen molar-refractivity contribution in [3.63, 3.8) is 0 Å². The molecule has 0 bridgehead atoms. The number of hydrogen-bond donors (Lipinski definition) is 3. The highest BCUT2D eigenvalue weighted by molar-refractivity contribution is 5.98. The van der Waals surface area contributed by atoms with Crippen LogP contribution in [0.15, 0.2) is 30.6 Å². The Kier molecular flexibility index (Phi) is 3.83. The van der Waals surface area contributed by atoms with Crippen LogP contribution in [0.3, 0.4) is 0 Å². The van der Waals surface area contributed by atoms with Gasteiger partial charge in [-0.25, -0.2) is 9.97 Å². The van der Waals surface area contributed by atoms with Crippen LogP contribution in [0, 0.1) is 0 Å². The molecule has 2 aromatic heterocycles. The molecule has 25 heavy (non-hydrogen) atoms. The summed E-state index contributed by atoms with van der Waals surface area (Å²) in [5, 5.41) is 9.48. The first-order chi connectivity index (χ1) is 12.1. The van der Waals surface area contributed by atoms with Crippen molar-refractivity contribution < 1.29 is 9.59 Å². The van der Waals surface area contributed by atoms with Crippen molar-refractivity contribution >= 4 is 23.3 Å². The number of nitrogens with zero attached hydrogens (tertiary/aromatic N) is 2. The van der Waals surface area contributed by atoms with Gasteiger partial charge in [0, 0.05) is 24.9 Å². The van der Waals surface area contributed by atoms with Crippen molar-refractivity contribution in [2.24, 2.45) is 0 Å². The van der Waals surface area contributed by atoms with Crippen molar-refractivity contribution in [2.75, 3.05) is 10.6 Å². The lowest BCUT2D eigenvalue weighted by molar-refractivity contribution is 0.0949. The number of pyridine rings is 2. The molecule has 1 aliphatic carbocycles. The fraction of sp³-hybridized carbons (Fsp3) is 0.333. The molecular weight excluding hydrogens is 318 g/mol. The van der Waals surface area contributed by atoms with Crippen molar-refractivity contribution in [3.05, 3.63) is 47.3 Å². The van der Waals surface area contributed by atoms with E-state index in [1.54, 1.807) is 24.5 Å². The number of fused-ring (bicyclic) bond motifs is 1. The number of carbonyl (C=O) groups excluding carboxylic acids is 2. The SMILES string of the molecule is CC(=O)c1cccnc1NC1Cc2cc(C(=O)NC3CC3)cnc2N1. The number of carbonyl (C=O) groups is 2. The molecule has 0 spiro atoms. The molecule has 1 saturated carbocycles. The number of hydrogen-bond acceptors (Lipinski definition) is 6. The van der Waals surface area contributed by atoms with Gasteiger partial charge in [-0.15, -0.1) is 0 Å². The lowest BCUT2D eigenvalue weighted by Crippen LogP contribution is -2.27. The van der Waals surface area contributed by atoms with Crippen LogP contribution in [0.5, 0.6) is 0 Å². The van der Waals surface area contributed by atoms with Gasteiger partial charge in [0.15, 0.2) is 5.78 Å². The second-order valence-corrected chi connectivity index (χ2v) is 6.48. The highest BCUT2D eigenvalue weighted by Gasteiger charge is 2.27. The summed E-state index contributed by atoms with van der Waals surface area (Å²) in [4.78, 5) is 32.5. The summed E-state index contributed by atoms with van der Waals surface area (Å²) in [6.07, 6.45) is 5.88. The van der Waals surface area contributed by atoms with E-state index in [2.05, 4.69) is 25.9 Å². The molecule has 7 heteroatoms. The van der Waals surface area contributed by atoms with Crippen LogP contribution in [0.2, 0.25) is 0 Å². The number of anilines is 2. The molecule has 1 aliphatic heterocycles. The van der Waals surface area contributed by atoms with Gasteiger partial charge in [-0.3, -0.25) is 9.59 Å². The minimum Gasteiger partial charge on any atom is -0.350 e. The monoisotopic (exact) mass is 337 g/mol. The molecule has 2 aliphatic rings. The highest BCUT2D eigenvalue weighted by atomic mass is 16.1. The summed E-state index contributed by atoms with van der Waals surface area (Å²) in [6, 6.07) is 5.69. The third-order valence-corrected chi connectivity index (χ3v) is 4.37. The van der Waals surface area contributed by atoms with E-state index in [0.29, 0.717) is 29.4 Å². The first-order valence-corrected chi connectivity index (χ1v) is 8.39. The van der Waals surface area contributed by atoms with E-state index >= 15 is 0 Å². The Bertz CT molecular complexity index is 847. The van der Waals surface area contributed by atoms with Crippen molar-refractivity contribution in [1.29, 1.82) is 0 Å². The van der Waals surface area contributed by atoms with E-state index in [9.17, 15) is 9.59 Å². The Morgan fingerprint density at radius 1 is 1.28 bits per heavy atom. The summed E-state index contributed by atoms with van der Waals surface area (Å²) in [5.74, 6) is 1.19. The van der Waals surface area contributed by atoms with Crippen LogP contribution in [0.25, 0.3) is 0 Å². The number of nitrogens with one attached hydrogen (secondary N) is 3. The van der Waals surface area contributed by atoms with Crippen LogP contribution < -0.4 is 16.0 Å². The number of amides is 1. The van der Waals surface area contributed by atoms with Gasteiger partial charge >= 0.3 is 0 Å². The Hall–Kier alpha value is -2.96. The second-order valence-electron chi connectivity index (χ2n) is 6.48. The van der Waals surface area contributed by atoms with Gasteiger partial charge in [0.2, 0.25) is 0 Å². The molecule has 2 aromatic rings. The van der Waals surface area contributed by atoms with E-state index in [1.165, 1.54) is 6.92 Å². The Morgan fingerprint density at radius 3 is 2.88 bits per heavy atom. The van der Waals surface area contributed by atoms with Crippen molar-refractivity contribution in [1.82, 2.24) is 15.3 Å². The average Bonchev–Trinajstić information content (AvgIpc) is 3.31. The molecule has 128 valence electrons. The molecule has 1 amide bonds. The zero-order chi connectivity index (χ0) is 17.4. The average molecular weight is 337 g/mol. The van der Waals surface area contributed by atoms with Gasteiger partial charge in [0.1, 0.15) is 17.8 Å². The van der Waals surface area contributed by atoms with Crippen LogP contribution in [-0.2, 0) is 6.42 Å². The lowest BCUT2D eigenvalue weighted by atomic mass is 10.1. The molecular formula is C18H19N5O2. The van der Waals surface area contributed by atoms with Gasteiger partial charge < -0.3 is 16.0 Å². The molecule has 1 fully saturated rings. The van der Waals surface area contributed by atoms with Gasteiger partial charge in [-0.05, 0) is 43.5 Å². The zero-order valence-corrected chi connectivity index (χ0v) is 13.9. The van der Waals surface area contributed by atoms with E-state index < -0.39 is 0 Å². The Labute approximate surface area is 145 Å². The number of ketones is 1. The van der Waals surface area contributed by atoms with Gasteiger partial charge in [-0.2, -0.15) is 0 Å². The second kappa shape index (κ2) is 6.16. The molecule has 0 radical (unpaired) electrons. The first kappa shape index (κ1) is 15.6. The predicted molar refractivity (Wildman–Crippen MR) is 93.7 cm³/mol. The largest absolute Gasteiger partial charge is 0.350 e. The fourth-order valence-electron chi connectivity index (χ4n) is 2.91. The molecule has 7 nitrogen and oxygen atoms in total. The normalized spacial score (nSPS) is 18.2. The minimum absolute atomic E-state index is 0.0386. The molecule has 1 unspecified atom stereocenters. The molecule has 3 N–H and O–H groups in total. The molecule has 1 atom stereocenters. The summed E-state index contributed by atoms with van der Waals surface area (Å²) in [6.45, 7) is 1.52. The lowest BCUT2D eigenvalue weighted by Gasteiger charge is -2.15. The summed E-state index contributed by atoms with van der Waals surface area (Å²) in [7, 11) is 0. The van der Waals surface area contributed by atoms with Gasteiger partial charge in [0.25, 0.3) is 5.91 Å². The third-order valence-electron chi connectivity index (χ3n) is 4.37. The summed E-state index contributed by atoms with van der Waals surface area (Å²) >= 11 is 0. The van der Waals surface area contributed by atoms with E-state index in [-0.39, 0.29) is 17.9 Å². The summed E-state index contributed by atoms with van der Waals surface area (Å²) < 4.78 is 0. The summed E-state index contributed by atoms with van der Waals surface area (Å²) in [5.41, 5.74) is 2.11.